The van der Waals surface area contributed by atoms with Crippen LogP contribution in [0.1, 0.15) is 85.5 Å². The van der Waals surface area contributed by atoms with Crippen molar-refractivity contribution < 1.29 is 5.11 Å². The van der Waals surface area contributed by atoms with E-state index in [1.807, 2.05) is 6.92 Å². The van der Waals surface area contributed by atoms with E-state index in [1.165, 1.54) is 33.4 Å². The maximum absolute atomic E-state index is 11.3. The zero-order valence-corrected chi connectivity index (χ0v) is 25.6. The molecule has 1 unspecified atom stereocenters. The van der Waals surface area contributed by atoms with Gasteiger partial charge in [-0.25, -0.2) is 0 Å². The standard InChI is InChI=1S/C38H47NO/c1-8-38(7,35-23-33(37(4,5)6)22-29(3)36(35)40)24-34-28(2)16-15-21-32(34)27-39(25-30-17-11-9-12-18-30)26-31-19-13-10-14-20-31/h9-23,40H,8,24-27H2,1-7H3. The molecule has 1 atom stereocenters. The largest absolute Gasteiger partial charge is 0.507 e. The predicted molar refractivity (Wildman–Crippen MR) is 170 cm³/mol. The molecule has 0 aliphatic heterocycles. The molecule has 1 N–H and O–H groups in total. The van der Waals surface area contributed by atoms with E-state index in [0.29, 0.717) is 5.75 Å². The first-order valence-corrected chi connectivity index (χ1v) is 14.7. The zero-order valence-electron chi connectivity index (χ0n) is 25.6. The highest BCUT2D eigenvalue weighted by molar-refractivity contribution is 5.50. The minimum absolute atomic E-state index is 0.0189. The van der Waals surface area contributed by atoms with Crippen molar-refractivity contribution in [2.75, 3.05) is 0 Å². The minimum Gasteiger partial charge on any atom is -0.507 e. The number of phenols is 1. The molecule has 0 aliphatic carbocycles. The van der Waals surface area contributed by atoms with Gasteiger partial charge in [-0.2, -0.15) is 0 Å². The number of phenolic OH excluding ortho intramolecular Hbond substituents is 1. The molecule has 0 fully saturated rings. The molecule has 0 amide bonds. The third-order valence-corrected chi connectivity index (χ3v) is 8.56. The van der Waals surface area contributed by atoms with Gasteiger partial charge in [-0.15, -0.1) is 0 Å². The van der Waals surface area contributed by atoms with Crippen molar-refractivity contribution in [1.29, 1.82) is 0 Å². The molecule has 0 saturated carbocycles. The van der Waals surface area contributed by atoms with Crippen LogP contribution in [0.4, 0.5) is 0 Å². The van der Waals surface area contributed by atoms with Crippen LogP contribution in [0, 0.1) is 13.8 Å². The Bertz CT molecular complexity index is 1360. The molecule has 0 radical (unpaired) electrons. The van der Waals surface area contributed by atoms with Gasteiger partial charge < -0.3 is 5.11 Å². The van der Waals surface area contributed by atoms with Gasteiger partial charge in [0.1, 0.15) is 5.75 Å². The van der Waals surface area contributed by atoms with Crippen LogP contribution in [0.5, 0.6) is 5.75 Å². The van der Waals surface area contributed by atoms with Gasteiger partial charge in [-0.1, -0.05) is 126 Å². The highest BCUT2D eigenvalue weighted by atomic mass is 16.3. The van der Waals surface area contributed by atoms with Crippen molar-refractivity contribution >= 4 is 0 Å². The van der Waals surface area contributed by atoms with Gasteiger partial charge in [-0.05, 0) is 76.5 Å². The highest BCUT2D eigenvalue weighted by Crippen LogP contribution is 2.42. The maximum atomic E-state index is 11.3. The molecule has 4 aromatic rings. The van der Waals surface area contributed by atoms with Gasteiger partial charge in [0.05, 0.1) is 0 Å². The summed E-state index contributed by atoms with van der Waals surface area (Å²) in [6.45, 7) is 18.3. The molecule has 210 valence electrons. The van der Waals surface area contributed by atoms with Crippen molar-refractivity contribution in [3.05, 3.63) is 136 Å². The lowest BCUT2D eigenvalue weighted by Gasteiger charge is -2.34. The van der Waals surface area contributed by atoms with Gasteiger partial charge in [0.25, 0.3) is 0 Å². The Kier molecular flexibility index (Phi) is 9.21. The fraction of sp³-hybridized carbons (Fsp3) is 0.368. The lowest BCUT2D eigenvalue weighted by molar-refractivity contribution is 0.246. The van der Waals surface area contributed by atoms with Crippen molar-refractivity contribution in [3.63, 3.8) is 0 Å². The molecule has 0 bridgehead atoms. The van der Waals surface area contributed by atoms with Gasteiger partial charge >= 0.3 is 0 Å². The van der Waals surface area contributed by atoms with Crippen LogP contribution in [-0.4, -0.2) is 10.0 Å². The number of hydrogen-bond acceptors (Lipinski definition) is 2. The van der Waals surface area contributed by atoms with Crippen LogP contribution in [0.3, 0.4) is 0 Å². The monoisotopic (exact) mass is 533 g/mol. The number of aromatic hydroxyl groups is 1. The molecule has 0 saturated heterocycles. The van der Waals surface area contributed by atoms with Crippen LogP contribution in [-0.2, 0) is 36.9 Å². The highest BCUT2D eigenvalue weighted by Gasteiger charge is 2.32. The minimum atomic E-state index is -0.194. The second-order valence-corrected chi connectivity index (χ2v) is 12.9. The smallest absolute Gasteiger partial charge is 0.122 e. The predicted octanol–water partition coefficient (Wildman–Crippen LogP) is 9.42. The average Bonchev–Trinajstić information content (AvgIpc) is 2.92. The number of nitrogens with zero attached hydrogens (tertiary/aromatic N) is 1. The van der Waals surface area contributed by atoms with Crippen LogP contribution in [0.15, 0.2) is 91.0 Å². The van der Waals surface area contributed by atoms with E-state index in [1.54, 1.807) is 0 Å². The molecule has 0 heterocycles. The summed E-state index contributed by atoms with van der Waals surface area (Å²) in [7, 11) is 0. The fourth-order valence-corrected chi connectivity index (χ4v) is 5.73. The van der Waals surface area contributed by atoms with Gasteiger partial charge in [0.15, 0.2) is 0 Å². The van der Waals surface area contributed by atoms with Crippen LogP contribution < -0.4 is 0 Å². The van der Waals surface area contributed by atoms with Crippen molar-refractivity contribution in [2.45, 2.75) is 91.8 Å². The number of hydrogen-bond donors (Lipinski definition) is 1. The lowest BCUT2D eigenvalue weighted by atomic mass is 9.71. The first-order valence-electron chi connectivity index (χ1n) is 14.7. The Hall–Kier alpha value is -3.36. The van der Waals surface area contributed by atoms with Crippen LogP contribution >= 0.6 is 0 Å². The van der Waals surface area contributed by atoms with E-state index in [9.17, 15) is 5.11 Å². The third-order valence-electron chi connectivity index (χ3n) is 8.56. The molecular formula is C38H47NO. The Morgan fingerprint density at radius 3 is 1.77 bits per heavy atom. The van der Waals surface area contributed by atoms with Crippen molar-refractivity contribution in [3.8, 4) is 5.75 Å². The molecule has 4 aromatic carbocycles. The summed E-state index contributed by atoms with van der Waals surface area (Å²) < 4.78 is 0. The SMILES string of the molecule is CCC(C)(Cc1c(C)cccc1CN(Cc1ccccc1)Cc1ccccc1)c1cc(C(C)(C)C)cc(C)c1O. The Labute approximate surface area is 242 Å². The topological polar surface area (TPSA) is 23.5 Å². The summed E-state index contributed by atoms with van der Waals surface area (Å²) in [5.74, 6) is 0.447. The number of aryl methyl sites for hydroxylation is 2. The van der Waals surface area contributed by atoms with Gasteiger partial charge in [0, 0.05) is 25.2 Å². The van der Waals surface area contributed by atoms with Gasteiger partial charge in [0.2, 0.25) is 0 Å². The number of benzene rings is 4. The first kappa shape index (κ1) is 29.6. The Balaban J connectivity index is 1.72. The molecule has 4 rings (SSSR count). The normalized spacial score (nSPS) is 13.4. The lowest BCUT2D eigenvalue weighted by Crippen LogP contribution is -2.28. The molecule has 0 spiro atoms. The molecule has 0 aliphatic rings. The van der Waals surface area contributed by atoms with E-state index < -0.39 is 0 Å². The van der Waals surface area contributed by atoms with E-state index in [2.05, 4.69) is 137 Å². The molecule has 40 heavy (non-hydrogen) atoms. The van der Waals surface area contributed by atoms with Crippen molar-refractivity contribution in [1.82, 2.24) is 4.90 Å². The summed E-state index contributed by atoms with van der Waals surface area (Å²) in [5, 5.41) is 11.3. The second kappa shape index (κ2) is 12.4. The summed E-state index contributed by atoms with van der Waals surface area (Å²) in [5.41, 5.74) is 9.87. The Morgan fingerprint density at radius 2 is 1.25 bits per heavy atom. The Morgan fingerprint density at radius 1 is 0.675 bits per heavy atom. The zero-order chi connectivity index (χ0) is 28.9. The van der Waals surface area contributed by atoms with E-state index >= 15 is 0 Å². The maximum Gasteiger partial charge on any atom is 0.122 e. The van der Waals surface area contributed by atoms with E-state index in [0.717, 1.165) is 43.6 Å². The van der Waals surface area contributed by atoms with Gasteiger partial charge in [-0.3, -0.25) is 4.90 Å². The first-order chi connectivity index (χ1) is 19.0. The molecular weight excluding hydrogens is 486 g/mol. The molecule has 2 nitrogen and oxygen atoms in total. The third kappa shape index (κ3) is 7.04. The summed E-state index contributed by atoms with van der Waals surface area (Å²) in [6, 6.07) is 32.7. The van der Waals surface area contributed by atoms with Crippen LogP contribution in [0.2, 0.25) is 0 Å². The van der Waals surface area contributed by atoms with Crippen LogP contribution in [0.25, 0.3) is 0 Å². The van der Waals surface area contributed by atoms with E-state index in [-0.39, 0.29) is 10.8 Å². The van der Waals surface area contributed by atoms with E-state index in [4.69, 9.17) is 0 Å². The molecule has 0 aromatic heterocycles. The molecule has 2 heteroatoms. The summed E-state index contributed by atoms with van der Waals surface area (Å²) in [6.07, 6.45) is 1.83. The number of rotatable bonds is 10. The average molecular weight is 534 g/mol. The fourth-order valence-electron chi connectivity index (χ4n) is 5.73. The summed E-state index contributed by atoms with van der Waals surface area (Å²) >= 11 is 0. The van der Waals surface area contributed by atoms with Crippen molar-refractivity contribution in [2.24, 2.45) is 0 Å². The summed E-state index contributed by atoms with van der Waals surface area (Å²) in [4.78, 5) is 2.55. The quantitative estimate of drug-likeness (QED) is 0.219. The second-order valence-electron chi connectivity index (χ2n) is 12.9.